The first-order valence-corrected chi connectivity index (χ1v) is 10.8. The molecule has 0 unspecified atom stereocenters. The molecule has 3 N–H and O–H groups in total. The molecule has 9 nitrogen and oxygen atoms in total. The number of aromatic nitrogens is 3. The zero-order valence-corrected chi connectivity index (χ0v) is 16.8. The maximum Gasteiger partial charge on any atom is 0.229 e. The molecule has 1 aromatic heterocycles. The van der Waals surface area contributed by atoms with E-state index in [0.29, 0.717) is 24.7 Å². The molecule has 2 aromatic rings. The van der Waals surface area contributed by atoms with Crippen LogP contribution in [0.3, 0.4) is 0 Å². The first-order chi connectivity index (χ1) is 12.9. The fourth-order valence-corrected chi connectivity index (χ4v) is 3.10. The Kier molecular flexibility index (Phi) is 7.59. The van der Waals surface area contributed by atoms with E-state index in [4.69, 9.17) is 0 Å². The molecule has 0 amide bonds. The molecule has 0 aliphatic rings. The Morgan fingerprint density at radius 1 is 1.22 bits per heavy atom. The van der Waals surface area contributed by atoms with Crippen molar-refractivity contribution in [3.8, 4) is 0 Å². The van der Waals surface area contributed by atoms with E-state index in [2.05, 4.69) is 30.5 Å². The molecule has 1 heterocycles. The molecule has 0 fully saturated rings. The smallest absolute Gasteiger partial charge is 0.229 e. The van der Waals surface area contributed by atoms with E-state index in [0.717, 1.165) is 37.2 Å². The number of nitrogens with zero attached hydrogens (tertiary/aromatic N) is 4. The Balaban J connectivity index is 2.01. The summed E-state index contributed by atoms with van der Waals surface area (Å²) in [4.78, 5) is 4.55. The van der Waals surface area contributed by atoms with Crippen LogP contribution in [0.25, 0.3) is 0 Å². The van der Waals surface area contributed by atoms with Gasteiger partial charge < -0.3 is 15.2 Å². The predicted molar refractivity (Wildman–Crippen MR) is 107 cm³/mol. The minimum Gasteiger partial charge on any atom is -0.357 e. The molecule has 0 saturated carbocycles. The summed E-state index contributed by atoms with van der Waals surface area (Å²) in [7, 11) is -3.34. The zero-order chi connectivity index (χ0) is 19.7. The number of anilines is 1. The van der Waals surface area contributed by atoms with Crippen LogP contribution >= 0.6 is 0 Å². The summed E-state index contributed by atoms with van der Waals surface area (Å²) in [6, 6.07) is 7.22. The van der Waals surface area contributed by atoms with E-state index in [9.17, 15) is 8.42 Å². The summed E-state index contributed by atoms with van der Waals surface area (Å²) in [5, 5.41) is 14.5. The second-order valence-electron chi connectivity index (χ2n) is 5.95. The average Bonchev–Trinajstić information content (AvgIpc) is 3.07. The first-order valence-electron chi connectivity index (χ1n) is 8.87. The maximum absolute atomic E-state index is 11.5. The van der Waals surface area contributed by atoms with E-state index in [-0.39, 0.29) is 0 Å². The minimum atomic E-state index is -3.34. The lowest BCUT2D eigenvalue weighted by molar-refractivity contribution is 0.606. The van der Waals surface area contributed by atoms with E-state index < -0.39 is 10.0 Å². The Bertz CT molecular complexity index is 862. The minimum absolute atomic E-state index is 0.348. The summed E-state index contributed by atoms with van der Waals surface area (Å²) >= 11 is 0. The Labute approximate surface area is 160 Å². The Hall–Kier alpha value is -2.62. The standard InChI is InChI=1S/C17H27N7O2S/c1-4-16-22-21-13-24(16)11-10-19-17(18-5-2)20-12-14-8-6-7-9-15(14)23-27(3,25)26/h6-9,13,23H,4-5,10-12H2,1-3H3,(H2,18,19,20). The molecule has 2 rings (SSSR count). The topological polar surface area (TPSA) is 113 Å². The molecular weight excluding hydrogens is 366 g/mol. The van der Waals surface area contributed by atoms with Crippen molar-refractivity contribution in [1.82, 2.24) is 25.4 Å². The van der Waals surface area contributed by atoms with Crippen LogP contribution in [-0.2, 0) is 29.5 Å². The lowest BCUT2D eigenvalue weighted by atomic mass is 10.2. The molecule has 0 saturated heterocycles. The van der Waals surface area contributed by atoms with Crippen LogP contribution in [0.1, 0.15) is 25.2 Å². The van der Waals surface area contributed by atoms with Crippen LogP contribution in [0, 0.1) is 0 Å². The Morgan fingerprint density at radius 2 is 2.00 bits per heavy atom. The fourth-order valence-electron chi connectivity index (χ4n) is 2.50. The summed E-state index contributed by atoms with van der Waals surface area (Å²) in [5.41, 5.74) is 1.34. The van der Waals surface area contributed by atoms with Gasteiger partial charge in [0.25, 0.3) is 0 Å². The molecule has 0 aliphatic heterocycles. The number of benzene rings is 1. The van der Waals surface area contributed by atoms with Gasteiger partial charge in [0, 0.05) is 26.1 Å². The molecule has 148 valence electrons. The monoisotopic (exact) mass is 393 g/mol. The van der Waals surface area contributed by atoms with Crippen LogP contribution in [0.4, 0.5) is 5.69 Å². The molecule has 1 aromatic carbocycles. The van der Waals surface area contributed by atoms with Crippen molar-refractivity contribution >= 4 is 21.7 Å². The quantitative estimate of drug-likeness (QED) is 0.432. The summed E-state index contributed by atoms with van der Waals surface area (Å²) in [6.45, 7) is 6.50. The van der Waals surface area contributed by atoms with E-state index >= 15 is 0 Å². The van der Waals surface area contributed by atoms with Gasteiger partial charge in [0.1, 0.15) is 12.2 Å². The number of rotatable bonds is 9. The van der Waals surface area contributed by atoms with Gasteiger partial charge in [0.05, 0.1) is 18.5 Å². The molecular formula is C17H27N7O2S. The second kappa shape index (κ2) is 9.91. The highest BCUT2D eigenvalue weighted by Gasteiger charge is 2.07. The van der Waals surface area contributed by atoms with E-state index in [1.165, 1.54) is 0 Å². The lowest BCUT2D eigenvalue weighted by Crippen LogP contribution is -2.39. The highest BCUT2D eigenvalue weighted by atomic mass is 32.2. The molecule has 0 spiro atoms. The van der Waals surface area contributed by atoms with Crippen LogP contribution in [0.15, 0.2) is 35.6 Å². The third-order valence-electron chi connectivity index (χ3n) is 3.72. The molecule has 0 radical (unpaired) electrons. The number of para-hydroxylation sites is 1. The van der Waals surface area contributed by atoms with Crippen LogP contribution in [-0.4, -0.2) is 48.5 Å². The number of aliphatic imine (C=N–C) groups is 1. The predicted octanol–water partition coefficient (Wildman–Crippen LogP) is 0.967. The van der Waals surface area contributed by atoms with Crippen LogP contribution in [0.2, 0.25) is 0 Å². The molecule has 27 heavy (non-hydrogen) atoms. The average molecular weight is 394 g/mol. The number of aryl methyl sites for hydroxylation is 1. The number of nitrogens with one attached hydrogen (secondary N) is 3. The van der Waals surface area contributed by atoms with Crippen LogP contribution < -0.4 is 15.4 Å². The summed E-state index contributed by atoms with van der Waals surface area (Å²) < 4.78 is 27.6. The van der Waals surface area contributed by atoms with Gasteiger partial charge in [-0.25, -0.2) is 13.4 Å². The summed E-state index contributed by atoms with van der Waals surface area (Å²) in [5.74, 6) is 1.61. The number of hydrogen-bond donors (Lipinski definition) is 3. The van der Waals surface area contributed by atoms with Gasteiger partial charge in [-0.1, -0.05) is 25.1 Å². The van der Waals surface area contributed by atoms with Gasteiger partial charge >= 0.3 is 0 Å². The van der Waals surface area contributed by atoms with Gasteiger partial charge in [-0.3, -0.25) is 4.72 Å². The largest absolute Gasteiger partial charge is 0.357 e. The van der Waals surface area contributed by atoms with Crippen molar-refractivity contribution < 1.29 is 8.42 Å². The Morgan fingerprint density at radius 3 is 2.70 bits per heavy atom. The van der Waals surface area contributed by atoms with Crippen molar-refractivity contribution in [2.75, 3.05) is 24.1 Å². The van der Waals surface area contributed by atoms with Gasteiger partial charge in [0.15, 0.2) is 5.96 Å². The second-order valence-corrected chi connectivity index (χ2v) is 7.70. The van der Waals surface area contributed by atoms with Gasteiger partial charge in [0.2, 0.25) is 10.0 Å². The van der Waals surface area contributed by atoms with Gasteiger partial charge in [-0.2, -0.15) is 0 Å². The lowest BCUT2D eigenvalue weighted by Gasteiger charge is -2.13. The fraction of sp³-hybridized carbons (Fsp3) is 0.471. The normalized spacial score (nSPS) is 12.0. The van der Waals surface area contributed by atoms with Crippen molar-refractivity contribution in [3.63, 3.8) is 0 Å². The molecule has 0 aliphatic carbocycles. The van der Waals surface area contributed by atoms with Crippen molar-refractivity contribution in [3.05, 3.63) is 42.0 Å². The molecule has 10 heteroatoms. The van der Waals surface area contributed by atoms with Gasteiger partial charge in [-0.05, 0) is 18.6 Å². The van der Waals surface area contributed by atoms with Crippen molar-refractivity contribution in [1.29, 1.82) is 0 Å². The third-order valence-corrected chi connectivity index (χ3v) is 4.31. The molecule has 0 bridgehead atoms. The number of guanidine groups is 1. The van der Waals surface area contributed by atoms with Crippen molar-refractivity contribution in [2.45, 2.75) is 33.4 Å². The highest BCUT2D eigenvalue weighted by Crippen LogP contribution is 2.17. The summed E-state index contributed by atoms with van der Waals surface area (Å²) in [6.07, 6.45) is 3.68. The van der Waals surface area contributed by atoms with E-state index in [1.807, 2.05) is 30.5 Å². The van der Waals surface area contributed by atoms with Crippen molar-refractivity contribution in [2.24, 2.45) is 4.99 Å². The number of hydrogen-bond acceptors (Lipinski definition) is 5. The van der Waals surface area contributed by atoms with E-state index in [1.54, 1.807) is 18.5 Å². The van der Waals surface area contributed by atoms with Crippen LogP contribution in [0.5, 0.6) is 0 Å². The zero-order valence-electron chi connectivity index (χ0n) is 15.9. The number of sulfonamides is 1. The first kappa shape index (κ1) is 20.7. The third kappa shape index (κ3) is 6.89. The molecule has 0 atom stereocenters. The van der Waals surface area contributed by atoms with Gasteiger partial charge in [-0.15, -0.1) is 10.2 Å². The highest BCUT2D eigenvalue weighted by molar-refractivity contribution is 7.92. The SMILES string of the molecule is CCNC(=NCc1ccccc1NS(C)(=O)=O)NCCn1cnnc1CC. The maximum atomic E-state index is 11.5.